The molecule has 3 N–H and O–H groups in total. The van der Waals surface area contributed by atoms with Crippen LogP contribution < -0.4 is 10.5 Å². The van der Waals surface area contributed by atoms with E-state index in [0.29, 0.717) is 5.69 Å². The number of nitrogen functional groups attached to an aromatic ring is 1. The summed E-state index contributed by atoms with van der Waals surface area (Å²) in [5, 5.41) is 19.5. The fourth-order valence-corrected chi connectivity index (χ4v) is 0.796. The van der Waals surface area contributed by atoms with Gasteiger partial charge in [0.05, 0.1) is 11.8 Å². The molecule has 0 aromatic heterocycles. The minimum absolute atomic E-state index is 0.181. The van der Waals surface area contributed by atoms with Crippen LogP contribution in [0.5, 0.6) is 5.75 Å². The summed E-state index contributed by atoms with van der Waals surface area (Å²) in [6.07, 6.45) is 0. The second kappa shape index (κ2) is 3.51. The monoisotopic (exact) mass is 198 g/mol. The summed E-state index contributed by atoms with van der Waals surface area (Å²) in [6.45, 7) is 0.948. The zero-order valence-electron chi connectivity index (χ0n) is 7.51. The van der Waals surface area contributed by atoms with Crippen LogP contribution in [0.1, 0.15) is 6.92 Å². The number of ether oxygens (including phenoxy) is 1. The Labute approximate surface area is 80.1 Å². The van der Waals surface area contributed by atoms with E-state index in [1.165, 1.54) is 24.3 Å². The smallest absolute Gasteiger partial charge is 0.406 e. The molecule has 1 rings (SSSR count). The summed E-state index contributed by atoms with van der Waals surface area (Å²) >= 11 is 0. The molecule has 0 aliphatic heterocycles. The molecular weight excluding hydrogens is 188 g/mol. The second-order valence-electron chi connectivity index (χ2n) is 2.86. The second-order valence-corrected chi connectivity index (χ2v) is 2.86. The summed E-state index contributed by atoms with van der Waals surface area (Å²) in [5.74, 6) is -2.24. The minimum Gasteiger partial charge on any atom is -0.406 e. The Morgan fingerprint density at radius 1 is 1.50 bits per heavy atom. The number of hydrogen-bond acceptors (Lipinski definition) is 5. The first-order chi connectivity index (χ1) is 6.42. The number of aliphatic hydroxyl groups is 1. The third kappa shape index (κ3) is 2.33. The third-order valence-electron chi connectivity index (χ3n) is 1.53. The van der Waals surface area contributed by atoms with E-state index >= 15 is 0 Å². The normalized spacial score (nSPS) is 14.4. The van der Waals surface area contributed by atoms with Crippen LogP contribution in [0.15, 0.2) is 24.3 Å². The first-order valence-electron chi connectivity index (χ1n) is 3.83. The van der Waals surface area contributed by atoms with E-state index in [0.717, 1.165) is 6.92 Å². The van der Waals surface area contributed by atoms with Gasteiger partial charge in [-0.3, -0.25) is 15.2 Å². The predicted molar refractivity (Wildman–Crippen MR) is 49.1 cm³/mol. The Bertz CT molecular complexity index is 334. The van der Waals surface area contributed by atoms with Crippen LogP contribution in [0, 0.1) is 10.1 Å². The molecule has 0 amide bonds. The van der Waals surface area contributed by atoms with Crippen molar-refractivity contribution in [2.24, 2.45) is 0 Å². The molecule has 76 valence electrons. The fraction of sp³-hybridized carbons (Fsp3) is 0.250. The lowest BCUT2D eigenvalue weighted by atomic mass is 10.3. The highest BCUT2D eigenvalue weighted by Crippen LogP contribution is 2.18. The van der Waals surface area contributed by atoms with Gasteiger partial charge in [-0.15, -0.1) is 0 Å². The minimum atomic E-state index is -2.42. The zero-order chi connectivity index (χ0) is 10.8. The maximum atomic E-state index is 10.3. The van der Waals surface area contributed by atoms with Gasteiger partial charge >= 0.3 is 5.91 Å². The summed E-state index contributed by atoms with van der Waals surface area (Å²) in [7, 11) is 0. The molecule has 0 aliphatic rings. The summed E-state index contributed by atoms with van der Waals surface area (Å²) in [4.78, 5) is 9.37. The van der Waals surface area contributed by atoms with Gasteiger partial charge in [-0.2, -0.15) is 0 Å². The van der Waals surface area contributed by atoms with Crippen molar-refractivity contribution in [3.8, 4) is 5.75 Å². The highest BCUT2D eigenvalue weighted by atomic mass is 16.8. The van der Waals surface area contributed by atoms with Crippen LogP contribution in [0.25, 0.3) is 0 Å². The van der Waals surface area contributed by atoms with Gasteiger partial charge in [0, 0.05) is 5.69 Å². The van der Waals surface area contributed by atoms with Crippen molar-refractivity contribution in [3.63, 3.8) is 0 Å². The highest BCUT2D eigenvalue weighted by Gasteiger charge is 2.36. The van der Waals surface area contributed by atoms with Crippen LogP contribution in [0.4, 0.5) is 5.69 Å². The number of benzene rings is 1. The molecule has 1 atom stereocenters. The molecule has 6 heteroatoms. The Morgan fingerprint density at radius 3 is 2.43 bits per heavy atom. The van der Waals surface area contributed by atoms with E-state index in [9.17, 15) is 10.1 Å². The van der Waals surface area contributed by atoms with Crippen molar-refractivity contribution < 1.29 is 14.8 Å². The van der Waals surface area contributed by atoms with Crippen LogP contribution in [0.3, 0.4) is 0 Å². The lowest BCUT2D eigenvalue weighted by Crippen LogP contribution is -2.40. The largest absolute Gasteiger partial charge is 0.478 e. The van der Waals surface area contributed by atoms with Gasteiger partial charge < -0.3 is 10.5 Å². The van der Waals surface area contributed by atoms with Gasteiger partial charge in [0.1, 0.15) is 5.75 Å². The van der Waals surface area contributed by atoms with E-state index in [-0.39, 0.29) is 5.75 Å². The first kappa shape index (κ1) is 10.3. The highest BCUT2D eigenvalue weighted by molar-refractivity contribution is 5.41. The molecule has 0 aliphatic carbocycles. The number of anilines is 1. The number of hydrogen-bond donors (Lipinski definition) is 2. The van der Waals surface area contributed by atoms with Gasteiger partial charge in [0.25, 0.3) is 0 Å². The Hall–Kier alpha value is -1.82. The molecule has 1 unspecified atom stereocenters. The average molecular weight is 198 g/mol. The summed E-state index contributed by atoms with van der Waals surface area (Å²) in [5.41, 5.74) is 5.91. The Kier molecular flexibility index (Phi) is 2.57. The molecule has 0 fully saturated rings. The standard InChI is InChI=1S/C8H10N2O4/c1-8(11,10(12)13)14-7-4-2-6(9)3-5-7/h2-5,11H,9H2,1H3. The van der Waals surface area contributed by atoms with Gasteiger partial charge in [0.15, 0.2) is 0 Å². The van der Waals surface area contributed by atoms with E-state index in [1.807, 2.05) is 0 Å². The van der Waals surface area contributed by atoms with Crippen LogP contribution in [-0.2, 0) is 0 Å². The lowest BCUT2D eigenvalue weighted by Gasteiger charge is -2.15. The number of nitrogens with two attached hydrogens (primary N) is 1. The van der Waals surface area contributed by atoms with E-state index in [4.69, 9.17) is 15.6 Å². The molecule has 0 bridgehead atoms. The van der Waals surface area contributed by atoms with Gasteiger partial charge in [0.2, 0.25) is 0 Å². The Morgan fingerprint density at radius 2 is 2.00 bits per heavy atom. The lowest BCUT2D eigenvalue weighted by molar-refractivity contribution is -0.668. The molecule has 14 heavy (non-hydrogen) atoms. The zero-order valence-corrected chi connectivity index (χ0v) is 7.51. The van der Waals surface area contributed by atoms with Gasteiger partial charge in [-0.05, 0) is 24.3 Å². The van der Waals surface area contributed by atoms with Crippen LogP contribution in [-0.4, -0.2) is 15.9 Å². The molecular formula is C8H10N2O4. The van der Waals surface area contributed by atoms with Crippen molar-refractivity contribution >= 4 is 5.69 Å². The number of nitro groups is 1. The van der Waals surface area contributed by atoms with Gasteiger partial charge in [-0.1, -0.05) is 0 Å². The van der Waals surface area contributed by atoms with E-state index in [2.05, 4.69) is 0 Å². The van der Waals surface area contributed by atoms with Crippen molar-refractivity contribution in [2.45, 2.75) is 12.8 Å². The van der Waals surface area contributed by atoms with E-state index in [1.54, 1.807) is 0 Å². The maximum absolute atomic E-state index is 10.3. The third-order valence-corrected chi connectivity index (χ3v) is 1.53. The van der Waals surface area contributed by atoms with Crippen molar-refractivity contribution in [3.05, 3.63) is 34.4 Å². The summed E-state index contributed by atoms with van der Waals surface area (Å²) < 4.78 is 4.72. The van der Waals surface area contributed by atoms with Gasteiger partial charge in [-0.25, -0.2) is 0 Å². The van der Waals surface area contributed by atoms with Crippen LogP contribution >= 0.6 is 0 Å². The van der Waals surface area contributed by atoms with E-state index < -0.39 is 10.8 Å². The SMILES string of the molecule is CC(O)(Oc1ccc(N)cc1)[N+](=O)[O-]. The molecule has 0 radical (unpaired) electrons. The summed E-state index contributed by atoms with van der Waals surface area (Å²) in [6, 6.07) is 5.91. The molecule has 0 heterocycles. The molecule has 0 saturated carbocycles. The number of nitrogens with zero attached hydrogens (tertiary/aromatic N) is 1. The predicted octanol–water partition coefficient (Wildman–Crippen LogP) is 0.590. The Balaban J connectivity index is 2.79. The van der Waals surface area contributed by atoms with Crippen molar-refractivity contribution in [1.82, 2.24) is 0 Å². The van der Waals surface area contributed by atoms with Crippen molar-refractivity contribution in [1.29, 1.82) is 0 Å². The molecule has 1 aromatic rings. The fourth-order valence-electron chi connectivity index (χ4n) is 0.796. The number of rotatable bonds is 3. The van der Waals surface area contributed by atoms with Crippen molar-refractivity contribution in [2.75, 3.05) is 5.73 Å². The molecule has 0 spiro atoms. The average Bonchev–Trinajstić information content (AvgIpc) is 2.08. The topological polar surface area (TPSA) is 98.6 Å². The maximum Gasteiger partial charge on any atom is 0.478 e. The van der Waals surface area contributed by atoms with Crippen LogP contribution in [0.2, 0.25) is 0 Å². The molecule has 1 aromatic carbocycles. The molecule has 0 saturated heterocycles. The quantitative estimate of drug-likeness (QED) is 0.320. The first-order valence-corrected chi connectivity index (χ1v) is 3.83. The molecule has 6 nitrogen and oxygen atoms in total.